The van der Waals surface area contributed by atoms with E-state index in [2.05, 4.69) is 9.97 Å². The predicted octanol–water partition coefficient (Wildman–Crippen LogP) is 2.49. The van der Waals surface area contributed by atoms with Crippen LogP contribution in [0.15, 0.2) is 47.1 Å². The number of aromatic nitrogens is 2. The summed E-state index contributed by atoms with van der Waals surface area (Å²) in [6, 6.07) is 8.67. The largest absolute Gasteiger partial charge is 0.451 e. The van der Waals surface area contributed by atoms with Crippen molar-refractivity contribution in [2.75, 3.05) is 18.3 Å². The first-order chi connectivity index (χ1) is 14.0. The van der Waals surface area contributed by atoms with Gasteiger partial charge in [0.1, 0.15) is 17.6 Å². The molecular formula is C20H24N4O4S. The molecule has 1 heterocycles. The van der Waals surface area contributed by atoms with E-state index in [9.17, 15) is 14.7 Å². The van der Waals surface area contributed by atoms with Crippen LogP contribution in [0.2, 0.25) is 0 Å². The molecule has 0 saturated heterocycles. The monoisotopic (exact) mass is 416 g/mol. The third-order valence-electron chi connectivity index (χ3n) is 4.09. The molecule has 1 aromatic carbocycles. The number of anilines is 1. The van der Waals surface area contributed by atoms with Crippen LogP contribution in [0.1, 0.15) is 35.1 Å². The maximum absolute atomic E-state index is 12.1. The van der Waals surface area contributed by atoms with Crippen molar-refractivity contribution in [2.45, 2.75) is 26.8 Å². The van der Waals surface area contributed by atoms with Gasteiger partial charge in [-0.05, 0) is 26.0 Å². The van der Waals surface area contributed by atoms with Gasteiger partial charge in [-0.15, -0.1) is 0 Å². The molecule has 0 spiro atoms. The summed E-state index contributed by atoms with van der Waals surface area (Å²) in [5.74, 6) is 0.484. The molecule has 154 valence electrons. The lowest BCUT2D eigenvalue weighted by Crippen LogP contribution is -2.22. The van der Waals surface area contributed by atoms with E-state index in [1.807, 2.05) is 6.07 Å². The van der Waals surface area contributed by atoms with Crippen LogP contribution in [0.5, 0.6) is 0 Å². The number of carbonyl (C=O) groups is 2. The molecule has 0 unspecified atom stereocenters. The summed E-state index contributed by atoms with van der Waals surface area (Å²) in [5, 5.41) is 9.39. The summed E-state index contributed by atoms with van der Waals surface area (Å²) in [4.78, 5) is 34.1. The summed E-state index contributed by atoms with van der Waals surface area (Å²) in [7, 11) is 0. The van der Waals surface area contributed by atoms with Gasteiger partial charge in [0.25, 0.3) is 0 Å². The number of nitrogen functional groups attached to an aromatic ring is 1. The molecule has 8 nitrogen and oxygen atoms in total. The lowest BCUT2D eigenvalue weighted by Gasteiger charge is -2.22. The Morgan fingerprint density at radius 3 is 2.69 bits per heavy atom. The smallest absolute Gasteiger partial charge is 0.338 e. The molecular weight excluding hydrogens is 392 g/mol. The van der Waals surface area contributed by atoms with E-state index in [4.69, 9.17) is 10.5 Å². The quantitative estimate of drug-likeness (QED) is 0.344. The van der Waals surface area contributed by atoms with Crippen LogP contribution in [-0.4, -0.2) is 44.9 Å². The van der Waals surface area contributed by atoms with Crippen molar-refractivity contribution in [3.63, 3.8) is 0 Å². The second-order valence-electron chi connectivity index (χ2n) is 6.10. The Labute approximate surface area is 173 Å². The number of aliphatic hydroxyl groups is 1. The average Bonchev–Trinajstić information content (AvgIpc) is 2.72. The number of esters is 1. The zero-order valence-corrected chi connectivity index (χ0v) is 17.2. The first-order valence-electron chi connectivity index (χ1n) is 8.91. The number of ether oxygens (including phenoxy) is 1. The Hall–Kier alpha value is -2.91. The van der Waals surface area contributed by atoms with E-state index in [1.165, 1.54) is 16.7 Å². The van der Waals surface area contributed by atoms with Crippen molar-refractivity contribution in [1.82, 2.24) is 14.9 Å². The second kappa shape index (κ2) is 11.2. The Kier molecular flexibility index (Phi) is 8.63. The van der Waals surface area contributed by atoms with Crippen LogP contribution in [0.25, 0.3) is 0 Å². The highest BCUT2D eigenvalue weighted by Gasteiger charge is 2.15. The summed E-state index contributed by atoms with van der Waals surface area (Å²) in [6.45, 7) is 3.59. The summed E-state index contributed by atoms with van der Waals surface area (Å²) >= 11 is 1.25. The Balaban J connectivity index is 2.07. The second-order valence-corrected chi connectivity index (χ2v) is 7.12. The van der Waals surface area contributed by atoms with Crippen LogP contribution in [0.3, 0.4) is 0 Å². The molecule has 9 heteroatoms. The van der Waals surface area contributed by atoms with Crippen molar-refractivity contribution in [3.8, 4) is 0 Å². The minimum atomic E-state index is -0.434. The lowest BCUT2D eigenvalue weighted by molar-refractivity contribution is -0.116. The van der Waals surface area contributed by atoms with Crippen molar-refractivity contribution in [3.05, 3.63) is 64.1 Å². The van der Waals surface area contributed by atoms with Crippen LogP contribution in [0, 0.1) is 6.92 Å². The summed E-state index contributed by atoms with van der Waals surface area (Å²) in [6.07, 6.45) is 2.59. The molecule has 2 aromatic rings. The molecule has 2 rings (SSSR count). The Bertz CT molecular complexity index is 874. The van der Waals surface area contributed by atoms with Crippen LogP contribution in [0.4, 0.5) is 5.82 Å². The normalized spacial score (nSPS) is 11.6. The van der Waals surface area contributed by atoms with Gasteiger partial charge >= 0.3 is 5.97 Å². The molecule has 0 fully saturated rings. The zero-order valence-electron chi connectivity index (χ0n) is 16.4. The van der Waals surface area contributed by atoms with Crippen LogP contribution >= 0.6 is 11.8 Å². The number of benzene rings is 1. The minimum absolute atomic E-state index is 0.0584. The number of carbonyl (C=O) groups excluding carboxylic acids is 2. The van der Waals surface area contributed by atoms with E-state index in [0.717, 1.165) is 4.91 Å². The topological polar surface area (TPSA) is 119 Å². The molecule has 0 bridgehead atoms. The highest BCUT2D eigenvalue weighted by atomic mass is 32.2. The fraction of sp³-hybridized carbons (Fsp3) is 0.300. The first-order valence-corrected chi connectivity index (χ1v) is 9.90. The minimum Gasteiger partial charge on any atom is -0.451 e. The van der Waals surface area contributed by atoms with E-state index in [1.54, 1.807) is 44.3 Å². The van der Waals surface area contributed by atoms with Crippen molar-refractivity contribution >= 4 is 30.0 Å². The van der Waals surface area contributed by atoms with Gasteiger partial charge in [-0.2, -0.15) is 0 Å². The average molecular weight is 417 g/mol. The molecule has 0 radical (unpaired) electrons. The fourth-order valence-electron chi connectivity index (χ4n) is 2.48. The van der Waals surface area contributed by atoms with Gasteiger partial charge in [-0.25, -0.2) is 14.8 Å². The van der Waals surface area contributed by atoms with Gasteiger partial charge in [0.05, 0.1) is 12.1 Å². The van der Waals surface area contributed by atoms with E-state index in [0.29, 0.717) is 41.3 Å². The SMILES string of the molecule is CC(=C(CCO)SCOC(=O)c1ccccc1)N(C=O)Cc1cnc(C)nc1N. The van der Waals surface area contributed by atoms with E-state index < -0.39 is 5.97 Å². The fourth-order valence-corrected chi connectivity index (χ4v) is 3.35. The van der Waals surface area contributed by atoms with Gasteiger partial charge in [-0.3, -0.25) is 4.79 Å². The molecule has 1 aromatic heterocycles. The predicted molar refractivity (Wildman–Crippen MR) is 112 cm³/mol. The van der Waals surface area contributed by atoms with Crippen LogP contribution < -0.4 is 5.73 Å². The maximum Gasteiger partial charge on any atom is 0.338 e. The third kappa shape index (κ3) is 6.58. The number of hydrogen-bond acceptors (Lipinski definition) is 8. The van der Waals surface area contributed by atoms with Crippen molar-refractivity contribution in [1.29, 1.82) is 0 Å². The van der Waals surface area contributed by atoms with E-state index in [-0.39, 0.29) is 19.1 Å². The van der Waals surface area contributed by atoms with Gasteiger partial charge < -0.3 is 20.5 Å². The van der Waals surface area contributed by atoms with Crippen molar-refractivity contribution < 1.29 is 19.4 Å². The number of allylic oxidation sites excluding steroid dienone is 1. The summed E-state index contributed by atoms with van der Waals surface area (Å²) in [5.41, 5.74) is 7.63. The molecule has 29 heavy (non-hydrogen) atoms. The number of nitrogens with zero attached hydrogens (tertiary/aromatic N) is 3. The first kappa shape index (κ1) is 22.4. The maximum atomic E-state index is 12.1. The molecule has 1 amide bonds. The molecule has 0 aliphatic heterocycles. The van der Waals surface area contributed by atoms with E-state index >= 15 is 0 Å². The molecule has 3 N–H and O–H groups in total. The lowest BCUT2D eigenvalue weighted by atomic mass is 10.2. The Morgan fingerprint density at radius 1 is 1.34 bits per heavy atom. The molecule has 0 aliphatic rings. The molecule has 0 atom stereocenters. The number of nitrogens with two attached hydrogens (primary N) is 1. The molecule has 0 saturated carbocycles. The number of aliphatic hydroxyl groups excluding tert-OH is 1. The van der Waals surface area contributed by atoms with Crippen molar-refractivity contribution in [2.24, 2.45) is 0 Å². The van der Waals surface area contributed by atoms with Gasteiger partial charge in [0.15, 0.2) is 0 Å². The zero-order chi connectivity index (χ0) is 21.2. The number of hydrogen-bond donors (Lipinski definition) is 2. The van der Waals surface area contributed by atoms with Gasteiger partial charge in [0.2, 0.25) is 6.41 Å². The Morgan fingerprint density at radius 2 is 2.07 bits per heavy atom. The standard InChI is InChI=1S/C20H24N4O4S/c1-14(24(12-26)11-17-10-22-15(2)23-19(17)21)18(8-9-25)29-13-28-20(27)16-6-4-3-5-7-16/h3-7,10,12,25H,8-9,11,13H2,1-2H3,(H2,21,22,23). The third-order valence-corrected chi connectivity index (χ3v) is 5.18. The van der Waals surface area contributed by atoms with Crippen LogP contribution in [-0.2, 0) is 16.1 Å². The highest BCUT2D eigenvalue weighted by Crippen LogP contribution is 2.26. The van der Waals surface area contributed by atoms with Gasteiger partial charge in [0, 0.05) is 35.4 Å². The number of amides is 1. The highest BCUT2D eigenvalue weighted by molar-refractivity contribution is 8.02. The summed E-state index contributed by atoms with van der Waals surface area (Å²) < 4.78 is 5.28. The molecule has 0 aliphatic carbocycles. The van der Waals surface area contributed by atoms with Gasteiger partial charge in [-0.1, -0.05) is 30.0 Å². The number of thioether (sulfide) groups is 1. The number of rotatable bonds is 10. The number of aryl methyl sites for hydroxylation is 1.